The van der Waals surface area contributed by atoms with Crippen LogP contribution in [0.2, 0.25) is 5.02 Å². The number of nitrogens with zero attached hydrogens (tertiary/aromatic N) is 1. The van der Waals surface area contributed by atoms with Crippen molar-refractivity contribution in [3.05, 3.63) is 41.4 Å². The fourth-order valence-electron chi connectivity index (χ4n) is 2.68. The van der Waals surface area contributed by atoms with Crippen molar-refractivity contribution in [2.75, 3.05) is 19.7 Å². The molecule has 1 aliphatic rings. The molecule has 0 saturated carbocycles. The number of benzene rings is 2. The van der Waals surface area contributed by atoms with E-state index < -0.39 is 24.0 Å². The molecule has 0 aliphatic carbocycles. The lowest BCUT2D eigenvalue weighted by molar-refractivity contribution is -0.159. The quantitative estimate of drug-likeness (QED) is 0.810. The molecule has 26 heavy (non-hydrogen) atoms. The van der Waals surface area contributed by atoms with Crippen LogP contribution in [-0.4, -0.2) is 48.6 Å². The summed E-state index contributed by atoms with van der Waals surface area (Å²) >= 11 is 6.15. The zero-order valence-corrected chi connectivity index (χ0v) is 14.8. The molecule has 136 valence electrons. The molecule has 1 N–H and O–H groups in total. The second-order valence-corrected chi connectivity index (χ2v) is 6.14. The van der Waals surface area contributed by atoms with E-state index in [2.05, 4.69) is 5.32 Å². The maximum atomic E-state index is 12.1. The number of halogens is 1. The Hall–Kier alpha value is -2.80. The number of esters is 1. The first-order valence-corrected chi connectivity index (χ1v) is 8.44. The summed E-state index contributed by atoms with van der Waals surface area (Å²) in [5.41, 5.74) is 0. The highest BCUT2D eigenvalue weighted by Gasteiger charge is 2.31. The SMILES string of the molecule is C[C@H](OC(=O)COc1ccc(Cl)c2ccccc12)C(=O)N1CCNC1=O. The minimum absolute atomic E-state index is 0.257. The number of carbonyl (C=O) groups is 3. The van der Waals surface area contributed by atoms with E-state index in [1.54, 1.807) is 12.1 Å². The Balaban J connectivity index is 1.60. The Kier molecular flexibility index (Phi) is 5.27. The number of carbonyl (C=O) groups excluding carboxylic acids is 3. The number of nitrogens with one attached hydrogen (secondary N) is 1. The normalized spacial score (nSPS) is 14.8. The van der Waals surface area contributed by atoms with Gasteiger partial charge in [-0.05, 0) is 19.1 Å². The van der Waals surface area contributed by atoms with Gasteiger partial charge in [0.2, 0.25) is 0 Å². The molecule has 0 spiro atoms. The minimum atomic E-state index is -1.07. The fourth-order valence-corrected chi connectivity index (χ4v) is 2.91. The van der Waals surface area contributed by atoms with Crippen molar-refractivity contribution in [3.63, 3.8) is 0 Å². The highest BCUT2D eigenvalue weighted by atomic mass is 35.5. The molecule has 1 saturated heterocycles. The van der Waals surface area contributed by atoms with Crippen molar-refractivity contribution in [1.29, 1.82) is 0 Å². The van der Waals surface area contributed by atoms with E-state index in [1.165, 1.54) is 6.92 Å². The van der Waals surface area contributed by atoms with Crippen LogP contribution in [0.1, 0.15) is 6.92 Å². The van der Waals surface area contributed by atoms with Crippen LogP contribution in [0, 0.1) is 0 Å². The molecule has 1 heterocycles. The molecule has 8 heteroatoms. The van der Waals surface area contributed by atoms with Gasteiger partial charge in [0.05, 0.1) is 0 Å². The Labute approximate surface area is 154 Å². The Morgan fingerprint density at radius 2 is 1.96 bits per heavy atom. The number of amides is 3. The Morgan fingerprint density at radius 1 is 1.23 bits per heavy atom. The van der Waals surface area contributed by atoms with Crippen molar-refractivity contribution >= 4 is 40.3 Å². The van der Waals surface area contributed by atoms with Crippen LogP contribution in [0.3, 0.4) is 0 Å². The van der Waals surface area contributed by atoms with E-state index in [4.69, 9.17) is 21.1 Å². The fraction of sp³-hybridized carbons (Fsp3) is 0.278. The lowest BCUT2D eigenvalue weighted by Gasteiger charge is -2.18. The van der Waals surface area contributed by atoms with E-state index in [0.717, 1.165) is 15.7 Å². The molecule has 1 fully saturated rings. The molecule has 0 aromatic heterocycles. The number of rotatable bonds is 5. The van der Waals surface area contributed by atoms with Crippen molar-refractivity contribution in [3.8, 4) is 5.75 Å². The third-order valence-corrected chi connectivity index (χ3v) is 4.28. The predicted molar refractivity (Wildman–Crippen MR) is 95.1 cm³/mol. The molecule has 3 rings (SSSR count). The lowest BCUT2D eigenvalue weighted by atomic mass is 10.1. The van der Waals surface area contributed by atoms with E-state index in [9.17, 15) is 14.4 Å². The molecular weight excluding hydrogens is 360 g/mol. The van der Waals surface area contributed by atoms with Gasteiger partial charge in [-0.15, -0.1) is 0 Å². The third kappa shape index (κ3) is 3.72. The monoisotopic (exact) mass is 376 g/mol. The summed E-state index contributed by atoms with van der Waals surface area (Å²) < 4.78 is 10.6. The molecule has 3 amide bonds. The van der Waals surface area contributed by atoms with Gasteiger partial charge in [-0.3, -0.25) is 9.69 Å². The van der Waals surface area contributed by atoms with Crippen LogP contribution in [-0.2, 0) is 14.3 Å². The van der Waals surface area contributed by atoms with Crippen LogP contribution >= 0.6 is 11.6 Å². The molecule has 1 aliphatic heterocycles. The average Bonchev–Trinajstić information content (AvgIpc) is 3.06. The van der Waals surface area contributed by atoms with Gasteiger partial charge in [-0.2, -0.15) is 0 Å². The zero-order valence-electron chi connectivity index (χ0n) is 14.0. The number of hydrogen-bond acceptors (Lipinski definition) is 5. The maximum absolute atomic E-state index is 12.1. The van der Waals surface area contributed by atoms with Gasteiger partial charge >= 0.3 is 12.0 Å². The van der Waals surface area contributed by atoms with E-state index in [1.807, 2.05) is 24.3 Å². The summed E-state index contributed by atoms with van der Waals surface area (Å²) in [6.45, 7) is 1.70. The number of imide groups is 1. The van der Waals surface area contributed by atoms with Crippen LogP contribution in [0.4, 0.5) is 4.79 Å². The van der Waals surface area contributed by atoms with Gasteiger partial charge in [0.25, 0.3) is 5.91 Å². The van der Waals surface area contributed by atoms with Crippen LogP contribution in [0.25, 0.3) is 10.8 Å². The average molecular weight is 377 g/mol. The van der Waals surface area contributed by atoms with E-state index in [-0.39, 0.29) is 13.2 Å². The van der Waals surface area contributed by atoms with Gasteiger partial charge in [0.1, 0.15) is 5.75 Å². The maximum Gasteiger partial charge on any atom is 0.344 e. The van der Waals surface area contributed by atoms with Crippen molar-refractivity contribution in [1.82, 2.24) is 10.2 Å². The number of ether oxygens (including phenoxy) is 2. The molecular formula is C18H17ClN2O5. The molecule has 2 aromatic rings. The zero-order chi connectivity index (χ0) is 18.7. The first kappa shape index (κ1) is 18.0. The van der Waals surface area contributed by atoms with Crippen LogP contribution < -0.4 is 10.1 Å². The minimum Gasteiger partial charge on any atom is -0.481 e. The van der Waals surface area contributed by atoms with E-state index >= 15 is 0 Å². The molecule has 2 aromatic carbocycles. The highest BCUT2D eigenvalue weighted by Crippen LogP contribution is 2.31. The standard InChI is InChI=1S/C18H17ClN2O5/c1-11(17(23)21-9-8-20-18(21)24)26-16(22)10-25-15-7-6-14(19)12-4-2-3-5-13(12)15/h2-7,11H,8-10H2,1H3,(H,20,24)/t11-/m0/s1. The Bertz CT molecular complexity index is 870. The topological polar surface area (TPSA) is 84.9 Å². The first-order chi connectivity index (χ1) is 12.5. The van der Waals surface area contributed by atoms with Gasteiger partial charge in [-0.1, -0.05) is 35.9 Å². The Morgan fingerprint density at radius 3 is 2.65 bits per heavy atom. The summed E-state index contributed by atoms with van der Waals surface area (Å²) in [7, 11) is 0. The predicted octanol–water partition coefficient (Wildman–Crippen LogP) is 2.36. The summed E-state index contributed by atoms with van der Waals surface area (Å²) in [5, 5.41) is 4.68. The molecule has 1 atom stereocenters. The first-order valence-electron chi connectivity index (χ1n) is 8.06. The van der Waals surface area contributed by atoms with Crippen molar-refractivity contribution in [2.24, 2.45) is 0 Å². The molecule has 7 nitrogen and oxygen atoms in total. The van der Waals surface area contributed by atoms with Crippen molar-refractivity contribution in [2.45, 2.75) is 13.0 Å². The van der Waals surface area contributed by atoms with Gasteiger partial charge in [0.15, 0.2) is 12.7 Å². The third-order valence-electron chi connectivity index (χ3n) is 3.96. The smallest absolute Gasteiger partial charge is 0.344 e. The number of urea groups is 1. The number of fused-ring (bicyclic) bond motifs is 1. The van der Waals surface area contributed by atoms with Gasteiger partial charge in [0, 0.05) is 28.9 Å². The van der Waals surface area contributed by atoms with Gasteiger partial charge in [-0.25, -0.2) is 9.59 Å². The van der Waals surface area contributed by atoms with Crippen LogP contribution in [0.15, 0.2) is 36.4 Å². The molecule has 0 unspecified atom stereocenters. The summed E-state index contributed by atoms with van der Waals surface area (Å²) in [6, 6.07) is 10.2. The second kappa shape index (κ2) is 7.61. The lowest BCUT2D eigenvalue weighted by Crippen LogP contribution is -2.42. The second-order valence-electron chi connectivity index (χ2n) is 5.73. The summed E-state index contributed by atoms with van der Waals surface area (Å²) in [6.07, 6.45) is -1.07. The van der Waals surface area contributed by atoms with Crippen LogP contribution in [0.5, 0.6) is 5.75 Å². The molecule has 0 radical (unpaired) electrons. The summed E-state index contributed by atoms with van der Waals surface area (Å²) in [5.74, 6) is -0.783. The van der Waals surface area contributed by atoms with Crippen molar-refractivity contribution < 1.29 is 23.9 Å². The van der Waals surface area contributed by atoms with Gasteiger partial charge < -0.3 is 14.8 Å². The molecule has 0 bridgehead atoms. The number of hydrogen-bond donors (Lipinski definition) is 1. The largest absolute Gasteiger partial charge is 0.481 e. The summed E-state index contributed by atoms with van der Waals surface area (Å²) in [4.78, 5) is 36.6. The highest BCUT2D eigenvalue weighted by molar-refractivity contribution is 6.35. The van der Waals surface area contributed by atoms with E-state index in [0.29, 0.717) is 17.3 Å².